The molecule has 0 unspecified atom stereocenters. The number of aryl methyl sites for hydroxylation is 2. The van der Waals surface area contributed by atoms with E-state index in [1.54, 1.807) is 6.07 Å². The minimum atomic E-state index is -0.137. The summed E-state index contributed by atoms with van der Waals surface area (Å²) in [6, 6.07) is 9.32. The van der Waals surface area contributed by atoms with E-state index in [0.29, 0.717) is 23.4 Å². The molecule has 5 heteroatoms. The number of aromatic nitrogens is 3. The predicted molar refractivity (Wildman–Crippen MR) is 83.4 cm³/mol. The second kappa shape index (κ2) is 5.36. The quantitative estimate of drug-likeness (QED) is 0.773. The van der Waals surface area contributed by atoms with Gasteiger partial charge in [0.25, 0.3) is 5.56 Å². The smallest absolute Gasteiger partial charge is 0.260 e. The fourth-order valence-electron chi connectivity index (χ4n) is 2.26. The van der Waals surface area contributed by atoms with Crippen molar-refractivity contribution in [3.8, 4) is 0 Å². The Morgan fingerprint density at radius 3 is 2.86 bits per heavy atom. The van der Waals surface area contributed by atoms with Gasteiger partial charge in [-0.05, 0) is 43.2 Å². The lowest BCUT2D eigenvalue weighted by Gasteiger charge is -2.09. The number of nitrogens with zero attached hydrogens (tertiary/aromatic N) is 2. The zero-order valence-corrected chi connectivity index (χ0v) is 12.0. The molecule has 5 nitrogen and oxygen atoms in total. The van der Waals surface area contributed by atoms with Crippen molar-refractivity contribution >= 4 is 16.9 Å². The largest absolute Gasteiger partial charge is 0.352 e. The average molecular weight is 280 g/mol. The van der Waals surface area contributed by atoms with Gasteiger partial charge in [0.05, 0.1) is 10.9 Å². The Morgan fingerprint density at radius 2 is 2.05 bits per heavy atom. The molecule has 2 N–H and O–H groups in total. The fraction of sp³-hybridized carbons (Fsp3) is 0.188. The summed E-state index contributed by atoms with van der Waals surface area (Å²) >= 11 is 0. The minimum Gasteiger partial charge on any atom is -0.352 e. The molecule has 0 atom stereocenters. The highest BCUT2D eigenvalue weighted by Crippen LogP contribution is 2.11. The Hall–Kier alpha value is -2.69. The van der Waals surface area contributed by atoms with Crippen LogP contribution in [0.1, 0.15) is 16.8 Å². The van der Waals surface area contributed by atoms with Gasteiger partial charge in [-0.1, -0.05) is 12.1 Å². The summed E-state index contributed by atoms with van der Waals surface area (Å²) < 4.78 is 0. The Morgan fingerprint density at radius 1 is 1.24 bits per heavy atom. The van der Waals surface area contributed by atoms with Crippen LogP contribution in [0.3, 0.4) is 0 Å². The molecule has 0 aliphatic rings. The van der Waals surface area contributed by atoms with Gasteiger partial charge in [-0.3, -0.25) is 14.8 Å². The lowest BCUT2D eigenvalue weighted by molar-refractivity contribution is 1.02. The van der Waals surface area contributed by atoms with Crippen molar-refractivity contribution in [2.24, 2.45) is 0 Å². The number of hydrogen-bond donors (Lipinski definition) is 2. The molecule has 106 valence electrons. The van der Waals surface area contributed by atoms with Gasteiger partial charge in [-0.25, -0.2) is 4.98 Å². The molecule has 0 bridgehead atoms. The van der Waals surface area contributed by atoms with Crippen molar-refractivity contribution in [2.75, 3.05) is 5.32 Å². The molecule has 0 fully saturated rings. The highest BCUT2D eigenvalue weighted by Gasteiger charge is 2.04. The number of nitrogens with one attached hydrogen (secondary N) is 2. The summed E-state index contributed by atoms with van der Waals surface area (Å²) in [5.74, 6) is 0.471. The van der Waals surface area contributed by atoms with E-state index in [0.717, 1.165) is 16.8 Å². The van der Waals surface area contributed by atoms with Crippen LogP contribution in [-0.2, 0) is 6.54 Å². The summed E-state index contributed by atoms with van der Waals surface area (Å²) in [6.45, 7) is 4.58. The van der Waals surface area contributed by atoms with Crippen LogP contribution in [0, 0.1) is 13.8 Å². The maximum atomic E-state index is 12.0. The fourth-order valence-corrected chi connectivity index (χ4v) is 2.26. The molecule has 0 saturated carbocycles. The predicted octanol–water partition coefficient (Wildman–Crippen LogP) is 2.55. The van der Waals surface area contributed by atoms with Crippen LogP contribution in [0.2, 0.25) is 0 Å². The van der Waals surface area contributed by atoms with E-state index in [9.17, 15) is 4.79 Å². The lowest BCUT2D eigenvalue weighted by Crippen LogP contribution is -2.13. The van der Waals surface area contributed by atoms with E-state index in [1.807, 2.05) is 44.3 Å². The Labute approximate surface area is 122 Å². The van der Waals surface area contributed by atoms with E-state index in [4.69, 9.17) is 0 Å². The molecule has 0 aliphatic heterocycles. The van der Waals surface area contributed by atoms with Crippen LogP contribution in [0.15, 0.2) is 41.3 Å². The van der Waals surface area contributed by atoms with Gasteiger partial charge >= 0.3 is 0 Å². The maximum absolute atomic E-state index is 12.0. The summed E-state index contributed by atoms with van der Waals surface area (Å²) in [7, 11) is 0. The van der Waals surface area contributed by atoms with Gasteiger partial charge in [0.2, 0.25) is 5.95 Å². The van der Waals surface area contributed by atoms with Crippen LogP contribution < -0.4 is 10.9 Å². The van der Waals surface area contributed by atoms with Gasteiger partial charge in [0.15, 0.2) is 0 Å². The van der Waals surface area contributed by atoms with Crippen molar-refractivity contribution in [1.82, 2.24) is 15.0 Å². The highest BCUT2D eigenvalue weighted by atomic mass is 16.1. The molecule has 21 heavy (non-hydrogen) atoms. The second-order valence-corrected chi connectivity index (χ2v) is 5.04. The number of para-hydroxylation sites is 1. The van der Waals surface area contributed by atoms with Crippen LogP contribution in [0.25, 0.3) is 10.9 Å². The van der Waals surface area contributed by atoms with E-state index >= 15 is 0 Å². The first kappa shape index (κ1) is 13.3. The van der Waals surface area contributed by atoms with Gasteiger partial charge in [-0.15, -0.1) is 0 Å². The minimum absolute atomic E-state index is 0.137. The van der Waals surface area contributed by atoms with E-state index in [2.05, 4.69) is 20.3 Å². The number of H-pyrrole nitrogens is 1. The van der Waals surface area contributed by atoms with Crippen molar-refractivity contribution in [3.63, 3.8) is 0 Å². The van der Waals surface area contributed by atoms with Crippen LogP contribution in [0.4, 0.5) is 5.95 Å². The zero-order valence-electron chi connectivity index (χ0n) is 12.0. The molecule has 0 radical (unpaired) electrons. The van der Waals surface area contributed by atoms with Gasteiger partial charge in [-0.2, -0.15) is 0 Å². The first-order valence-corrected chi connectivity index (χ1v) is 6.78. The molecule has 2 heterocycles. The number of fused-ring (bicyclic) bond motifs is 1. The average Bonchev–Trinajstić information content (AvgIpc) is 2.46. The molecule has 0 amide bonds. The number of benzene rings is 1. The third-order valence-corrected chi connectivity index (χ3v) is 3.42. The van der Waals surface area contributed by atoms with Gasteiger partial charge < -0.3 is 5.32 Å². The van der Waals surface area contributed by atoms with Crippen molar-refractivity contribution < 1.29 is 0 Å². The van der Waals surface area contributed by atoms with Crippen molar-refractivity contribution in [3.05, 3.63) is 63.7 Å². The first-order valence-electron chi connectivity index (χ1n) is 6.78. The zero-order chi connectivity index (χ0) is 14.8. The molecule has 3 aromatic rings. The van der Waals surface area contributed by atoms with Crippen molar-refractivity contribution in [1.29, 1.82) is 0 Å². The molecule has 3 rings (SSSR count). The lowest BCUT2D eigenvalue weighted by atomic mass is 10.1. The summed E-state index contributed by atoms with van der Waals surface area (Å²) in [5, 5.41) is 3.74. The second-order valence-electron chi connectivity index (χ2n) is 5.04. The third kappa shape index (κ3) is 2.76. The Bertz CT molecular complexity index is 854. The Kier molecular flexibility index (Phi) is 3.39. The standard InChI is InChI=1S/C16H16N4O/c1-10-7-11(2)17-8-12(10)9-18-16-19-14-6-4-3-5-13(14)15(21)20-16/h3-8H,9H2,1-2H3,(H2,18,19,20,21). The van der Waals surface area contributed by atoms with E-state index in [1.165, 1.54) is 0 Å². The third-order valence-electron chi connectivity index (χ3n) is 3.42. The summed E-state index contributed by atoms with van der Waals surface area (Å²) in [6.07, 6.45) is 1.84. The Balaban J connectivity index is 1.87. The normalized spacial score (nSPS) is 10.8. The van der Waals surface area contributed by atoms with E-state index in [-0.39, 0.29) is 5.56 Å². The molecular weight excluding hydrogens is 264 g/mol. The molecule has 0 aliphatic carbocycles. The molecular formula is C16H16N4O. The highest BCUT2D eigenvalue weighted by molar-refractivity contribution is 5.78. The molecule has 1 aromatic carbocycles. The van der Waals surface area contributed by atoms with E-state index < -0.39 is 0 Å². The van der Waals surface area contributed by atoms with Crippen molar-refractivity contribution in [2.45, 2.75) is 20.4 Å². The SMILES string of the molecule is Cc1cc(C)c(CNc2nc3ccccc3c(=O)[nH]2)cn1. The summed E-state index contributed by atoms with van der Waals surface area (Å²) in [5.41, 5.74) is 3.78. The summed E-state index contributed by atoms with van der Waals surface area (Å²) in [4.78, 5) is 23.4. The maximum Gasteiger partial charge on any atom is 0.260 e. The van der Waals surface area contributed by atoms with Crippen LogP contribution >= 0.6 is 0 Å². The number of hydrogen-bond acceptors (Lipinski definition) is 4. The first-order chi connectivity index (χ1) is 10.1. The van der Waals surface area contributed by atoms with Crippen LogP contribution in [-0.4, -0.2) is 15.0 Å². The van der Waals surface area contributed by atoms with Gasteiger partial charge in [0, 0.05) is 18.4 Å². The number of pyridine rings is 1. The van der Waals surface area contributed by atoms with Crippen LogP contribution in [0.5, 0.6) is 0 Å². The topological polar surface area (TPSA) is 70.7 Å². The number of rotatable bonds is 3. The number of aromatic amines is 1. The van der Waals surface area contributed by atoms with Gasteiger partial charge in [0.1, 0.15) is 0 Å². The monoisotopic (exact) mass is 280 g/mol. The molecule has 0 saturated heterocycles. The molecule has 0 spiro atoms. The molecule has 2 aromatic heterocycles. The number of anilines is 1.